The predicted molar refractivity (Wildman–Crippen MR) is 86.2 cm³/mol. The van der Waals surface area contributed by atoms with E-state index in [1.165, 1.54) is 6.07 Å². The van der Waals surface area contributed by atoms with Crippen molar-refractivity contribution in [1.82, 2.24) is 10.2 Å². The van der Waals surface area contributed by atoms with Gasteiger partial charge in [0.2, 0.25) is 5.91 Å². The molecule has 0 atom stereocenters. The molecule has 0 saturated carbocycles. The first-order valence-electron chi connectivity index (χ1n) is 7.07. The molecule has 3 nitrogen and oxygen atoms in total. The highest BCUT2D eigenvalue weighted by atomic mass is 35.5. The van der Waals surface area contributed by atoms with Crippen LogP contribution in [0.1, 0.15) is 18.4 Å². The highest BCUT2D eigenvalue weighted by Crippen LogP contribution is 2.22. The van der Waals surface area contributed by atoms with Gasteiger partial charge in [0.05, 0.1) is 5.75 Å². The molecule has 0 radical (unpaired) electrons. The lowest BCUT2D eigenvalue weighted by Crippen LogP contribution is -2.32. The van der Waals surface area contributed by atoms with E-state index in [9.17, 15) is 9.18 Å². The van der Waals surface area contributed by atoms with Crippen LogP contribution in [0.15, 0.2) is 18.2 Å². The number of piperidine rings is 1. The summed E-state index contributed by atoms with van der Waals surface area (Å²) in [6.45, 7) is 2.25. The Kier molecular flexibility index (Phi) is 6.33. The van der Waals surface area contributed by atoms with E-state index in [-0.39, 0.29) is 18.3 Å². The number of hydrogen-bond acceptors (Lipinski definition) is 3. The zero-order valence-corrected chi connectivity index (χ0v) is 13.6. The Balaban J connectivity index is 1.84. The Bertz CT molecular complexity index is 474. The third-order valence-corrected chi connectivity index (χ3v) is 5.32. The highest BCUT2D eigenvalue weighted by Gasteiger charge is 2.18. The van der Waals surface area contributed by atoms with Gasteiger partial charge in [-0.15, -0.1) is 11.8 Å². The molecule has 0 spiro atoms. The van der Waals surface area contributed by atoms with E-state index in [0.717, 1.165) is 25.9 Å². The van der Waals surface area contributed by atoms with Crippen LogP contribution in [-0.4, -0.2) is 41.9 Å². The normalized spacial score (nSPS) is 16.0. The van der Waals surface area contributed by atoms with Crippen LogP contribution < -0.4 is 5.32 Å². The summed E-state index contributed by atoms with van der Waals surface area (Å²) in [4.78, 5) is 13.7. The zero-order valence-electron chi connectivity index (χ0n) is 12.1. The predicted octanol–water partition coefficient (Wildman–Crippen LogP) is 2.92. The van der Waals surface area contributed by atoms with Crippen LogP contribution >= 0.6 is 23.4 Å². The maximum Gasteiger partial charge on any atom is 0.232 e. The molecule has 6 heteroatoms. The quantitative estimate of drug-likeness (QED) is 0.901. The first-order chi connectivity index (χ1) is 10.1. The average molecular weight is 331 g/mol. The molecule has 0 unspecified atom stereocenters. The fourth-order valence-electron chi connectivity index (χ4n) is 2.27. The molecule has 1 amide bonds. The topological polar surface area (TPSA) is 32.3 Å². The first-order valence-corrected chi connectivity index (χ1v) is 8.49. The summed E-state index contributed by atoms with van der Waals surface area (Å²) in [7, 11) is 1.69. The Morgan fingerprint density at radius 2 is 2.19 bits per heavy atom. The van der Waals surface area contributed by atoms with E-state index < -0.39 is 0 Å². The van der Waals surface area contributed by atoms with Crippen molar-refractivity contribution in [2.45, 2.75) is 24.6 Å². The van der Waals surface area contributed by atoms with Crippen molar-refractivity contribution < 1.29 is 9.18 Å². The number of amides is 1. The second-order valence-corrected chi connectivity index (χ2v) is 6.91. The first kappa shape index (κ1) is 16.6. The number of nitrogens with one attached hydrogen (secondary N) is 1. The van der Waals surface area contributed by atoms with Crippen molar-refractivity contribution in [1.29, 1.82) is 0 Å². The van der Waals surface area contributed by atoms with Crippen LogP contribution in [0.3, 0.4) is 0 Å². The summed E-state index contributed by atoms with van der Waals surface area (Å²) < 4.78 is 13.7. The van der Waals surface area contributed by atoms with E-state index in [0.29, 0.717) is 21.6 Å². The summed E-state index contributed by atoms with van der Waals surface area (Å²) in [6.07, 6.45) is 2.20. The van der Waals surface area contributed by atoms with E-state index >= 15 is 0 Å². The van der Waals surface area contributed by atoms with Gasteiger partial charge in [0.15, 0.2) is 0 Å². The van der Waals surface area contributed by atoms with Crippen LogP contribution in [0.5, 0.6) is 0 Å². The van der Waals surface area contributed by atoms with Crippen molar-refractivity contribution in [3.63, 3.8) is 0 Å². The molecule has 1 aromatic rings. The molecule has 1 N–H and O–H groups in total. The van der Waals surface area contributed by atoms with Gasteiger partial charge < -0.3 is 10.2 Å². The second kappa shape index (κ2) is 8.01. The molecule has 1 heterocycles. The third-order valence-electron chi connectivity index (χ3n) is 3.61. The standard InChI is InChI=1S/C15H20ClFN2OS/c1-19(9-12-13(16)3-2-4-14(12)17)15(20)10-21-11-5-7-18-8-6-11/h2-4,11,18H,5-10H2,1H3. The summed E-state index contributed by atoms with van der Waals surface area (Å²) in [5.74, 6) is 0.0822. The molecule has 0 aliphatic carbocycles. The largest absolute Gasteiger partial charge is 0.341 e. The summed E-state index contributed by atoms with van der Waals surface area (Å²) in [5, 5.41) is 4.21. The molecule has 1 aromatic carbocycles. The van der Waals surface area contributed by atoms with Gasteiger partial charge in [0.1, 0.15) is 5.82 Å². The smallest absolute Gasteiger partial charge is 0.232 e. The number of nitrogens with zero attached hydrogens (tertiary/aromatic N) is 1. The van der Waals surface area contributed by atoms with Crippen LogP contribution in [0, 0.1) is 5.82 Å². The minimum Gasteiger partial charge on any atom is -0.341 e. The van der Waals surface area contributed by atoms with Gasteiger partial charge in [0.25, 0.3) is 0 Å². The Labute approximate surface area is 134 Å². The molecule has 0 aromatic heterocycles. The molecular formula is C15H20ClFN2OS. The fourth-order valence-corrected chi connectivity index (χ4v) is 3.66. The van der Waals surface area contributed by atoms with Gasteiger partial charge in [-0.25, -0.2) is 4.39 Å². The number of rotatable bonds is 5. The lowest BCUT2D eigenvalue weighted by atomic mass is 10.2. The zero-order chi connectivity index (χ0) is 15.2. The molecule has 1 fully saturated rings. The second-order valence-electron chi connectivity index (χ2n) is 5.21. The van der Waals surface area contributed by atoms with Crippen LogP contribution in [0.4, 0.5) is 4.39 Å². The monoisotopic (exact) mass is 330 g/mol. The number of halogens is 2. The maximum atomic E-state index is 13.7. The number of carbonyl (C=O) groups excluding carboxylic acids is 1. The summed E-state index contributed by atoms with van der Waals surface area (Å²) >= 11 is 7.68. The van der Waals surface area contributed by atoms with E-state index in [1.54, 1.807) is 35.8 Å². The minimum atomic E-state index is -0.367. The van der Waals surface area contributed by atoms with Crippen molar-refractivity contribution >= 4 is 29.3 Å². The maximum absolute atomic E-state index is 13.7. The van der Waals surface area contributed by atoms with Crippen molar-refractivity contribution in [3.05, 3.63) is 34.6 Å². The van der Waals surface area contributed by atoms with Crippen molar-refractivity contribution in [2.75, 3.05) is 25.9 Å². The highest BCUT2D eigenvalue weighted by molar-refractivity contribution is 8.00. The number of hydrogen-bond donors (Lipinski definition) is 1. The van der Waals surface area contributed by atoms with E-state index in [4.69, 9.17) is 11.6 Å². The number of carbonyl (C=O) groups is 1. The van der Waals surface area contributed by atoms with Gasteiger partial charge in [-0.2, -0.15) is 0 Å². The molecule has 1 aliphatic heterocycles. The lowest BCUT2D eigenvalue weighted by molar-refractivity contribution is -0.127. The lowest BCUT2D eigenvalue weighted by Gasteiger charge is -2.23. The number of benzene rings is 1. The molecule has 116 valence electrons. The summed E-state index contributed by atoms with van der Waals surface area (Å²) in [5.41, 5.74) is 0.377. The Morgan fingerprint density at radius 1 is 1.48 bits per heavy atom. The average Bonchev–Trinajstić information content (AvgIpc) is 2.49. The minimum absolute atomic E-state index is 0.0119. The SMILES string of the molecule is CN(Cc1c(F)cccc1Cl)C(=O)CSC1CCNCC1. The third kappa shape index (κ3) is 4.87. The van der Waals surface area contributed by atoms with E-state index in [2.05, 4.69) is 5.32 Å². The Morgan fingerprint density at radius 3 is 2.86 bits per heavy atom. The van der Waals surface area contributed by atoms with Gasteiger partial charge in [-0.3, -0.25) is 4.79 Å². The van der Waals surface area contributed by atoms with Gasteiger partial charge in [-0.05, 0) is 38.1 Å². The van der Waals surface area contributed by atoms with Gasteiger partial charge in [-0.1, -0.05) is 17.7 Å². The van der Waals surface area contributed by atoms with Crippen molar-refractivity contribution in [3.8, 4) is 0 Å². The van der Waals surface area contributed by atoms with Crippen LogP contribution in [0.25, 0.3) is 0 Å². The summed E-state index contributed by atoms with van der Waals surface area (Å²) in [6, 6.07) is 4.57. The molecule has 0 bridgehead atoms. The number of thioether (sulfide) groups is 1. The van der Waals surface area contributed by atoms with Gasteiger partial charge in [0, 0.05) is 29.4 Å². The fraction of sp³-hybridized carbons (Fsp3) is 0.533. The van der Waals surface area contributed by atoms with Gasteiger partial charge >= 0.3 is 0 Å². The van der Waals surface area contributed by atoms with E-state index in [1.807, 2.05) is 0 Å². The molecule has 21 heavy (non-hydrogen) atoms. The molecule has 2 rings (SSSR count). The van der Waals surface area contributed by atoms with Crippen molar-refractivity contribution in [2.24, 2.45) is 0 Å². The molecular weight excluding hydrogens is 311 g/mol. The van der Waals surface area contributed by atoms with Crippen LogP contribution in [-0.2, 0) is 11.3 Å². The Hall–Kier alpha value is -0.780. The van der Waals surface area contributed by atoms with Crippen LogP contribution in [0.2, 0.25) is 5.02 Å². The molecule has 1 saturated heterocycles. The molecule has 1 aliphatic rings.